The number of halogens is 1. The summed E-state index contributed by atoms with van der Waals surface area (Å²) in [6.45, 7) is 0.0207. The fourth-order valence-corrected chi connectivity index (χ4v) is 2.87. The number of hydrogen-bond donors (Lipinski definition) is 0. The van der Waals surface area contributed by atoms with Crippen LogP contribution >= 0.6 is 27.7 Å². The van der Waals surface area contributed by atoms with Gasteiger partial charge in [0.05, 0.1) is 11.3 Å². The average molecular weight is 430 g/mol. The zero-order chi connectivity index (χ0) is 18.2. The smallest absolute Gasteiger partial charge is 0.340 e. The maximum atomic E-state index is 11.9. The van der Waals surface area contributed by atoms with Crippen LogP contribution < -0.4 is 0 Å². The van der Waals surface area contributed by atoms with E-state index in [4.69, 9.17) is 9.15 Å². The van der Waals surface area contributed by atoms with Crippen molar-refractivity contribution in [3.05, 3.63) is 58.8 Å². The van der Waals surface area contributed by atoms with Crippen LogP contribution in [0.1, 0.15) is 10.4 Å². The lowest BCUT2D eigenvalue weighted by Gasteiger charge is -2.02. The second kappa shape index (κ2) is 9.17. The Bertz CT molecular complexity index is 951. The molecule has 0 spiro atoms. The Hall–Kier alpha value is -2.63. The predicted molar refractivity (Wildman–Crippen MR) is 100 cm³/mol. The van der Waals surface area contributed by atoms with E-state index in [0.29, 0.717) is 26.9 Å². The molecule has 8 heteroatoms. The zero-order valence-electron chi connectivity index (χ0n) is 13.4. The van der Waals surface area contributed by atoms with Crippen LogP contribution in [0.15, 0.2) is 62.9 Å². The molecule has 2 aromatic heterocycles. The van der Waals surface area contributed by atoms with Gasteiger partial charge in [0.2, 0.25) is 5.89 Å². The number of thioether (sulfide) groups is 1. The first-order valence-electron chi connectivity index (χ1n) is 7.48. The molecule has 0 radical (unpaired) electrons. The summed E-state index contributed by atoms with van der Waals surface area (Å²) in [5.74, 6) is 6.14. The van der Waals surface area contributed by atoms with Crippen LogP contribution in [-0.4, -0.2) is 33.5 Å². The summed E-state index contributed by atoms with van der Waals surface area (Å²) in [7, 11) is 0. The van der Waals surface area contributed by atoms with E-state index in [1.165, 1.54) is 11.8 Å². The second-order valence-corrected chi connectivity index (χ2v) is 6.59. The predicted octanol–water partition coefficient (Wildman–Crippen LogP) is 3.85. The number of hydrogen-bond acceptors (Lipinski definition) is 7. The van der Waals surface area contributed by atoms with Gasteiger partial charge in [0.25, 0.3) is 5.22 Å². The molecule has 0 N–H and O–H groups in total. The molecule has 0 aliphatic carbocycles. The molecule has 0 amide bonds. The molecule has 1 aromatic carbocycles. The molecule has 0 aliphatic heterocycles. The molecule has 0 saturated carbocycles. The van der Waals surface area contributed by atoms with E-state index in [0.717, 1.165) is 5.56 Å². The molecule has 0 fully saturated rings. The van der Waals surface area contributed by atoms with Crippen molar-refractivity contribution in [3.8, 4) is 23.3 Å². The number of carbonyl (C=O) groups excluding carboxylic acids is 1. The molecule has 2 heterocycles. The van der Waals surface area contributed by atoms with E-state index in [2.05, 4.69) is 43.0 Å². The van der Waals surface area contributed by atoms with Gasteiger partial charge in [0.15, 0.2) is 6.61 Å². The van der Waals surface area contributed by atoms with Crippen molar-refractivity contribution < 1.29 is 13.9 Å². The van der Waals surface area contributed by atoms with Gasteiger partial charge in [-0.3, -0.25) is 4.98 Å². The lowest BCUT2D eigenvalue weighted by molar-refractivity contribution is 0.0555. The third-order valence-corrected chi connectivity index (χ3v) is 4.49. The van der Waals surface area contributed by atoms with E-state index >= 15 is 0 Å². The van der Waals surface area contributed by atoms with Gasteiger partial charge in [0.1, 0.15) is 0 Å². The Morgan fingerprint density at radius 3 is 2.77 bits per heavy atom. The van der Waals surface area contributed by atoms with Gasteiger partial charge in [-0.2, -0.15) is 0 Å². The lowest BCUT2D eigenvalue weighted by atomic mass is 10.2. The maximum absolute atomic E-state index is 11.9. The van der Waals surface area contributed by atoms with Gasteiger partial charge < -0.3 is 9.15 Å². The van der Waals surface area contributed by atoms with Crippen molar-refractivity contribution in [1.82, 2.24) is 15.2 Å². The molecule has 0 unspecified atom stereocenters. The largest absolute Gasteiger partial charge is 0.449 e. The minimum Gasteiger partial charge on any atom is -0.449 e. The molecule has 6 nitrogen and oxygen atoms in total. The van der Waals surface area contributed by atoms with Crippen molar-refractivity contribution in [3.63, 3.8) is 0 Å². The minimum absolute atomic E-state index is 0.0207. The number of aromatic nitrogens is 3. The monoisotopic (exact) mass is 429 g/mol. The number of ether oxygens (including phenoxy) is 1. The van der Waals surface area contributed by atoms with Gasteiger partial charge in [-0.05, 0) is 40.2 Å². The van der Waals surface area contributed by atoms with Gasteiger partial charge in [-0.25, -0.2) is 4.79 Å². The van der Waals surface area contributed by atoms with Crippen LogP contribution in [0.5, 0.6) is 0 Å². The standard InChI is InChI=1S/C18H12BrN3O3S/c19-15-6-2-1-5-14(15)17(23)24-11-3-4-12-26-18-22-21-16(25-18)13-7-9-20-10-8-13/h1-2,5-10H,11-12H2. The first-order chi connectivity index (χ1) is 12.7. The minimum atomic E-state index is -0.418. The number of pyridine rings is 1. The molecule has 26 heavy (non-hydrogen) atoms. The van der Waals surface area contributed by atoms with Crippen molar-refractivity contribution in [2.45, 2.75) is 5.22 Å². The molecule has 0 saturated heterocycles. The number of benzene rings is 1. The highest BCUT2D eigenvalue weighted by Gasteiger charge is 2.10. The third-order valence-electron chi connectivity index (χ3n) is 3.10. The summed E-state index contributed by atoms with van der Waals surface area (Å²) in [6.07, 6.45) is 3.32. The van der Waals surface area contributed by atoms with E-state index in [1.54, 1.807) is 42.7 Å². The van der Waals surface area contributed by atoms with Crippen LogP contribution in [0.25, 0.3) is 11.5 Å². The van der Waals surface area contributed by atoms with Gasteiger partial charge in [0, 0.05) is 22.4 Å². The first kappa shape index (κ1) is 18.2. The molecule has 130 valence electrons. The Labute approximate surface area is 162 Å². The summed E-state index contributed by atoms with van der Waals surface area (Å²) in [5.41, 5.74) is 1.28. The fourth-order valence-electron chi connectivity index (χ4n) is 1.89. The van der Waals surface area contributed by atoms with E-state index < -0.39 is 5.97 Å². The first-order valence-corrected chi connectivity index (χ1v) is 9.26. The third kappa shape index (κ3) is 4.94. The Kier molecular flexibility index (Phi) is 6.41. The zero-order valence-corrected chi connectivity index (χ0v) is 15.8. The van der Waals surface area contributed by atoms with Crippen LogP contribution in [0.3, 0.4) is 0 Å². The highest BCUT2D eigenvalue weighted by molar-refractivity contribution is 9.10. The molecular weight excluding hydrogens is 418 g/mol. The van der Waals surface area contributed by atoms with Crippen LogP contribution in [-0.2, 0) is 4.74 Å². The summed E-state index contributed by atoms with van der Waals surface area (Å²) in [4.78, 5) is 15.8. The van der Waals surface area contributed by atoms with Crippen molar-refractivity contribution in [1.29, 1.82) is 0 Å². The van der Waals surface area contributed by atoms with Crippen LogP contribution in [0, 0.1) is 11.8 Å². The fraction of sp³-hybridized carbons (Fsp3) is 0.111. The molecule has 3 rings (SSSR count). The Balaban J connectivity index is 1.44. The topological polar surface area (TPSA) is 78.1 Å². The maximum Gasteiger partial charge on any atom is 0.340 e. The van der Waals surface area contributed by atoms with E-state index in [-0.39, 0.29) is 6.61 Å². The highest BCUT2D eigenvalue weighted by Crippen LogP contribution is 2.22. The summed E-state index contributed by atoms with van der Waals surface area (Å²) >= 11 is 4.62. The van der Waals surface area contributed by atoms with Crippen LogP contribution in [0.2, 0.25) is 0 Å². The number of nitrogens with zero attached hydrogens (tertiary/aromatic N) is 3. The number of rotatable bonds is 5. The van der Waals surface area contributed by atoms with Crippen molar-refractivity contribution in [2.75, 3.05) is 12.4 Å². The number of esters is 1. The molecule has 3 aromatic rings. The number of carbonyl (C=O) groups is 1. The van der Waals surface area contributed by atoms with Gasteiger partial charge >= 0.3 is 5.97 Å². The van der Waals surface area contributed by atoms with Crippen molar-refractivity contribution in [2.24, 2.45) is 0 Å². The lowest BCUT2D eigenvalue weighted by Crippen LogP contribution is -2.06. The molecular formula is C18H12BrN3O3S. The normalized spacial score (nSPS) is 10.0. The second-order valence-electron chi connectivity index (χ2n) is 4.81. The van der Waals surface area contributed by atoms with Gasteiger partial charge in [-0.15, -0.1) is 10.2 Å². The summed E-state index contributed by atoms with van der Waals surface area (Å²) in [5, 5.41) is 8.36. The van der Waals surface area contributed by atoms with Gasteiger partial charge in [-0.1, -0.05) is 35.7 Å². The SMILES string of the molecule is O=C(OCC#CCSc1nnc(-c2ccncc2)o1)c1ccccc1Br. The Morgan fingerprint density at radius 1 is 1.15 bits per heavy atom. The summed E-state index contributed by atoms with van der Waals surface area (Å²) in [6, 6.07) is 10.7. The molecule has 0 aliphatic rings. The Morgan fingerprint density at radius 2 is 1.96 bits per heavy atom. The summed E-state index contributed by atoms with van der Waals surface area (Å²) < 4.78 is 11.3. The van der Waals surface area contributed by atoms with Crippen molar-refractivity contribution >= 4 is 33.7 Å². The molecule has 0 atom stereocenters. The average Bonchev–Trinajstić information content (AvgIpc) is 3.14. The highest BCUT2D eigenvalue weighted by atomic mass is 79.9. The van der Waals surface area contributed by atoms with E-state index in [1.807, 2.05) is 6.07 Å². The van der Waals surface area contributed by atoms with E-state index in [9.17, 15) is 4.79 Å². The van der Waals surface area contributed by atoms with Crippen LogP contribution in [0.4, 0.5) is 0 Å². The quantitative estimate of drug-likeness (QED) is 0.346. The molecule has 0 bridgehead atoms.